The predicted octanol–water partition coefficient (Wildman–Crippen LogP) is 4.80. The first-order valence-corrected chi connectivity index (χ1v) is 8.98. The van der Waals surface area contributed by atoms with Crippen LogP contribution in [0.1, 0.15) is 36.3 Å². The summed E-state index contributed by atoms with van der Waals surface area (Å²) in [5.74, 6) is 1.73. The minimum atomic E-state index is -0.0801. The number of aromatic nitrogens is 2. The predicted molar refractivity (Wildman–Crippen MR) is 103 cm³/mol. The molecule has 0 radical (unpaired) electrons. The lowest BCUT2D eigenvalue weighted by molar-refractivity contribution is 0.297. The molecule has 0 fully saturated rings. The van der Waals surface area contributed by atoms with Crippen LogP contribution in [0.2, 0.25) is 5.02 Å². The lowest BCUT2D eigenvalue weighted by Gasteiger charge is -2.14. The average Bonchev–Trinajstić information content (AvgIpc) is 2.94. The van der Waals surface area contributed by atoms with Crippen molar-refractivity contribution < 1.29 is 4.74 Å². The molecule has 25 heavy (non-hydrogen) atoms. The van der Waals surface area contributed by atoms with Crippen LogP contribution in [-0.2, 0) is 6.54 Å². The number of nitrogens with two attached hydrogens (primary N) is 1. The Morgan fingerprint density at radius 3 is 2.52 bits per heavy atom. The molecule has 0 amide bonds. The minimum Gasteiger partial charge on any atom is -0.492 e. The molecule has 3 rings (SSSR count). The summed E-state index contributed by atoms with van der Waals surface area (Å²) in [6, 6.07) is 11.6. The molecule has 0 saturated carbocycles. The topological polar surface area (TPSA) is 53.1 Å². The molecule has 3 aromatic rings. The number of aryl methyl sites for hydroxylation is 2. The summed E-state index contributed by atoms with van der Waals surface area (Å²) < 4.78 is 8.04. The van der Waals surface area contributed by atoms with Crippen LogP contribution in [0.4, 0.5) is 0 Å². The third kappa shape index (κ3) is 3.80. The lowest BCUT2D eigenvalue weighted by atomic mass is 10.1. The largest absolute Gasteiger partial charge is 0.492 e. The Morgan fingerprint density at radius 1 is 1.16 bits per heavy atom. The fourth-order valence-electron chi connectivity index (χ4n) is 2.88. The molecule has 1 heterocycles. The summed E-state index contributed by atoms with van der Waals surface area (Å²) in [4.78, 5) is 4.79. The normalized spacial score (nSPS) is 12.5. The summed E-state index contributed by atoms with van der Waals surface area (Å²) >= 11 is 5.91. The number of imidazole rings is 1. The molecule has 2 N–H and O–H groups in total. The standard InChI is InChI=1S/C20H24ClN3O/c1-4-17(22)20-23-18-11-13(2)14(3)12-19(18)24(20)9-10-25-16-7-5-15(21)6-8-16/h5-8,11-12,17H,4,9-10,22H2,1-3H3. The van der Waals surface area contributed by atoms with Crippen molar-refractivity contribution in [3.63, 3.8) is 0 Å². The van der Waals surface area contributed by atoms with E-state index in [1.165, 1.54) is 11.1 Å². The number of rotatable bonds is 6. The number of nitrogens with zero attached hydrogens (tertiary/aromatic N) is 2. The van der Waals surface area contributed by atoms with Gasteiger partial charge in [0.25, 0.3) is 0 Å². The number of ether oxygens (including phenoxy) is 1. The Bertz CT molecular complexity index is 871. The monoisotopic (exact) mass is 357 g/mol. The molecule has 132 valence electrons. The number of benzene rings is 2. The van der Waals surface area contributed by atoms with Crippen molar-refractivity contribution in [1.29, 1.82) is 0 Å². The van der Waals surface area contributed by atoms with Crippen molar-refractivity contribution in [3.8, 4) is 5.75 Å². The van der Waals surface area contributed by atoms with Crippen LogP contribution in [0.25, 0.3) is 11.0 Å². The van der Waals surface area contributed by atoms with Gasteiger partial charge in [-0.3, -0.25) is 0 Å². The summed E-state index contributed by atoms with van der Waals surface area (Å²) in [5.41, 5.74) is 10.9. The highest BCUT2D eigenvalue weighted by Crippen LogP contribution is 2.24. The van der Waals surface area contributed by atoms with Gasteiger partial charge in [-0.05, 0) is 67.8 Å². The first-order valence-electron chi connectivity index (χ1n) is 8.61. The smallest absolute Gasteiger partial charge is 0.126 e. The fraction of sp³-hybridized carbons (Fsp3) is 0.350. The molecule has 1 atom stereocenters. The Kier molecular flexibility index (Phi) is 5.30. The van der Waals surface area contributed by atoms with Crippen molar-refractivity contribution in [1.82, 2.24) is 9.55 Å². The molecule has 1 unspecified atom stereocenters. The Labute approximate surface area is 153 Å². The van der Waals surface area contributed by atoms with Crippen molar-refractivity contribution >= 4 is 22.6 Å². The van der Waals surface area contributed by atoms with E-state index in [4.69, 9.17) is 27.1 Å². The first kappa shape index (κ1) is 17.8. The van der Waals surface area contributed by atoms with E-state index in [1.807, 2.05) is 24.3 Å². The third-order valence-electron chi connectivity index (χ3n) is 4.56. The van der Waals surface area contributed by atoms with E-state index < -0.39 is 0 Å². The van der Waals surface area contributed by atoms with E-state index in [-0.39, 0.29) is 6.04 Å². The van der Waals surface area contributed by atoms with Crippen LogP contribution < -0.4 is 10.5 Å². The van der Waals surface area contributed by atoms with Crippen molar-refractivity contribution in [2.75, 3.05) is 6.61 Å². The van der Waals surface area contributed by atoms with Crippen molar-refractivity contribution in [3.05, 3.63) is 58.4 Å². The minimum absolute atomic E-state index is 0.0801. The highest BCUT2D eigenvalue weighted by Gasteiger charge is 2.16. The second kappa shape index (κ2) is 7.46. The Hall–Kier alpha value is -2.04. The number of fused-ring (bicyclic) bond motifs is 1. The molecule has 1 aromatic heterocycles. The lowest BCUT2D eigenvalue weighted by Crippen LogP contribution is -2.18. The summed E-state index contributed by atoms with van der Waals surface area (Å²) in [5, 5.41) is 0.704. The molecular formula is C20H24ClN3O. The van der Waals surface area contributed by atoms with E-state index in [2.05, 4.69) is 37.5 Å². The maximum Gasteiger partial charge on any atom is 0.126 e. The van der Waals surface area contributed by atoms with Gasteiger partial charge in [-0.2, -0.15) is 0 Å². The van der Waals surface area contributed by atoms with Gasteiger partial charge < -0.3 is 15.0 Å². The zero-order valence-electron chi connectivity index (χ0n) is 14.9. The number of halogens is 1. The van der Waals surface area contributed by atoms with Gasteiger partial charge in [0.05, 0.1) is 23.6 Å². The molecule has 0 bridgehead atoms. The molecule has 0 saturated heterocycles. The van der Waals surface area contributed by atoms with Gasteiger partial charge in [-0.1, -0.05) is 18.5 Å². The average molecular weight is 358 g/mol. The van der Waals surface area contributed by atoms with Crippen molar-refractivity contribution in [2.24, 2.45) is 5.73 Å². The van der Waals surface area contributed by atoms with Crippen LogP contribution >= 0.6 is 11.6 Å². The Balaban J connectivity index is 1.87. The quantitative estimate of drug-likeness (QED) is 0.689. The molecular weight excluding hydrogens is 334 g/mol. The van der Waals surface area contributed by atoms with Gasteiger partial charge in [-0.25, -0.2) is 4.98 Å². The van der Waals surface area contributed by atoms with Gasteiger partial charge in [0.1, 0.15) is 18.2 Å². The second-order valence-electron chi connectivity index (χ2n) is 6.36. The maximum absolute atomic E-state index is 6.30. The zero-order chi connectivity index (χ0) is 18.0. The van der Waals surface area contributed by atoms with Crippen LogP contribution in [0.5, 0.6) is 5.75 Å². The summed E-state index contributed by atoms with van der Waals surface area (Å²) in [6.07, 6.45) is 0.847. The zero-order valence-corrected chi connectivity index (χ0v) is 15.7. The molecule has 0 aliphatic heterocycles. The maximum atomic E-state index is 6.30. The molecule has 0 spiro atoms. The summed E-state index contributed by atoms with van der Waals surface area (Å²) in [6.45, 7) is 7.55. The highest BCUT2D eigenvalue weighted by atomic mass is 35.5. The van der Waals surface area contributed by atoms with Gasteiger partial charge in [0.15, 0.2) is 0 Å². The van der Waals surface area contributed by atoms with Crippen LogP contribution in [0, 0.1) is 13.8 Å². The second-order valence-corrected chi connectivity index (χ2v) is 6.80. The first-order chi connectivity index (χ1) is 12.0. The van der Waals surface area contributed by atoms with Gasteiger partial charge >= 0.3 is 0 Å². The van der Waals surface area contributed by atoms with Gasteiger partial charge in [0.2, 0.25) is 0 Å². The van der Waals surface area contributed by atoms with Gasteiger partial charge in [0, 0.05) is 5.02 Å². The molecule has 2 aromatic carbocycles. The Morgan fingerprint density at radius 2 is 1.84 bits per heavy atom. The summed E-state index contributed by atoms with van der Waals surface area (Å²) in [7, 11) is 0. The van der Waals surface area contributed by atoms with E-state index in [0.29, 0.717) is 18.2 Å². The van der Waals surface area contributed by atoms with Crippen molar-refractivity contribution in [2.45, 2.75) is 39.8 Å². The number of hydrogen-bond acceptors (Lipinski definition) is 3. The van der Waals surface area contributed by atoms with Crippen LogP contribution in [-0.4, -0.2) is 16.2 Å². The van der Waals surface area contributed by atoms with E-state index in [1.54, 1.807) is 0 Å². The van der Waals surface area contributed by atoms with E-state index >= 15 is 0 Å². The van der Waals surface area contributed by atoms with Gasteiger partial charge in [-0.15, -0.1) is 0 Å². The number of hydrogen-bond donors (Lipinski definition) is 1. The molecule has 5 heteroatoms. The SMILES string of the molecule is CCC(N)c1nc2cc(C)c(C)cc2n1CCOc1ccc(Cl)cc1. The highest BCUT2D eigenvalue weighted by molar-refractivity contribution is 6.30. The van der Waals surface area contributed by atoms with Crippen LogP contribution in [0.15, 0.2) is 36.4 Å². The molecule has 0 aliphatic rings. The third-order valence-corrected chi connectivity index (χ3v) is 4.81. The van der Waals surface area contributed by atoms with E-state index in [9.17, 15) is 0 Å². The fourth-order valence-corrected chi connectivity index (χ4v) is 3.01. The van der Waals surface area contributed by atoms with Crippen LogP contribution in [0.3, 0.4) is 0 Å². The molecule has 0 aliphatic carbocycles. The molecule has 4 nitrogen and oxygen atoms in total. The van der Waals surface area contributed by atoms with E-state index in [0.717, 1.165) is 29.0 Å².